The predicted octanol–water partition coefficient (Wildman–Crippen LogP) is 4.03. The number of anilines is 1. The Morgan fingerprint density at radius 2 is 1.62 bits per heavy atom. The van der Waals surface area contributed by atoms with Crippen LogP contribution in [0.2, 0.25) is 0 Å². The van der Waals surface area contributed by atoms with Crippen LogP contribution in [0.25, 0.3) is 10.8 Å². The smallest absolute Gasteiger partial charge is 0.326 e. The third-order valence-corrected chi connectivity index (χ3v) is 4.28. The average molecular weight is 348 g/mol. The lowest BCUT2D eigenvalue weighted by Crippen LogP contribution is -2.48. The molecular weight excluding hydrogens is 328 g/mol. The number of carboxylic acids is 1. The minimum atomic E-state index is -1.06. The summed E-state index contributed by atoms with van der Waals surface area (Å²) >= 11 is 0. The van der Waals surface area contributed by atoms with Crippen LogP contribution in [0.5, 0.6) is 0 Å². The van der Waals surface area contributed by atoms with Gasteiger partial charge in [-0.2, -0.15) is 0 Å². The number of fused-ring (bicyclic) bond motifs is 1. The van der Waals surface area contributed by atoms with Crippen molar-refractivity contribution < 1.29 is 14.7 Å². The van der Waals surface area contributed by atoms with Crippen LogP contribution in [0.1, 0.15) is 12.5 Å². The van der Waals surface area contributed by atoms with Gasteiger partial charge in [-0.3, -0.25) is 4.90 Å². The van der Waals surface area contributed by atoms with Crippen molar-refractivity contribution in [2.75, 3.05) is 4.90 Å². The monoisotopic (exact) mass is 348 g/mol. The quantitative estimate of drug-likeness (QED) is 0.731. The van der Waals surface area contributed by atoms with Crippen molar-refractivity contribution in [3.63, 3.8) is 0 Å². The highest BCUT2D eigenvalue weighted by atomic mass is 16.4. The molecule has 0 aliphatic carbocycles. The summed E-state index contributed by atoms with van der Waals surface area (Å²) in [6.07, 6.45) is 0. The molecule has 3 rings (SSSR count). The van der Waals surface area contributed by atoms with E-state index in [9.17, 15) is 14.7 Å². The normalized spacial score (nSPS) is 11.7. The Hall–Kier alpha value is -3.34. The van der Waals surface area contributed by atoms with Crippen LogP contribution in [-0.4, -0.2) is 23.1 Å². The highest BCUT2D eigenvalue weighted by Gasteiger charge is 2.28. The van der Waals surface area contributed by atoms with Gasteiger partial charge < -0.3 is 10.4 Å². The van der Waals surface area contributed by atoms with Gasteiger partial charge in [0.2, 0.25) is 0 Å². The molecule has 5 heteroatoms. The van der Waals surface area contributed by atoms with Gasteiger partial charge in [0, 0.05) is 11.9 Å². The zero-order valence-corrected chi connectivity index (χ0v) is 14.4. The maximum Gasteiger partial charge on any atom is 0.326 e. The fraction of sp³-hybridized carbons (Fsp3) is 0.143. The Morgan fingerprint density at radius 1 is 0.962 bits per heavy atom. The van der Waals surface area contributed by atoms with Gasteiger partial charge >= 0.3 is 12.0 Å². The summed E-state index contributed by atoms with van der Waals surface area (Å²) in [5.41, 5.74) is 1.52. The number of carbonyl (C=O) groups is 2. The van der Waals surface area contributed by atoms with Crippen LogP contribution in [0.3, 0.4) is 0 Å². The van der Waals surface area contributed by atoms with E-state index in [0.29, 0.717) is 12.2 Å². The van der Waals surface area contributed by atoms with Gasteiger partial charge in [-0.25, -0.2) is 9.59 Å². The third kappa shape index (κ3) is 3.67. The van der Waals surface area contributed by atoms with Crippen molar-refractivity contribution in [2.24, 2.45) is 0 Å². The molecule has 3 aromatic carbocycles. The van der Waals surface area contributed by atoms with Crippen LogP contribution < -0.4 is 10.2 Å². The maximum absolute atomic E-state index is 12.9. The Morgan fingerprint density at radius 3 is 2.35 bits per heavy atom. The first kappa shape index (κ1) is 17.5. The summed E-state index contributed by atoms with van der Waals surface area (Å²) < 4.78 is 0. The van der Waals surface area contributed by atoms with Gasteiger partial charge in [-0.05, 0) is 23.9 Å². The number of nitrogens with one attached hydrogen (secondary N) is 1. The summed E-state index contributed by atoms with van der Waals surface area (Å²) in [6.45, 7) is 1.83. The van der Waals surface area contributed by atoms with Gasteiger partial charge in [0.1, 0.15) is 6.04 Å². The molecule has 2 N–H and O–H groups in total. The third-order valence-electron chi connectivity index (χ3n) is 4.28. The molecule has 0 bridgehead atoms. The highest BCUT2D eigenvalue weighted by Crippen LogP contribution is 2.28. The molecule has 26 heavy (non-hydrogen) atoms. The van der Waals surface area contributed by atoms with E-state index in [0.717, 1.165) is 16.3 Å². The highest BCUT2D eigenvalue weighted by molar-refractivity contribution is 6.06. The summed E-state index contributed by atoms with van der Waals surface area (Å²) in [4.78, 5) is 25.8. The van der Waals surface area contributed by atoms with Crippen LogP contribution in [0.15, 0.2) is 72.8 Å². The minimum Gasteiger partial charge on any atom is -0.480 e. The van der Waals surface area contributed by atoms with E-state index in [1.165, 1.54) is 11.8 Å². The van der Waals surface area contributed by atoms with Crippen molar-refractivity contribution in [1.29, 1.82) is 0 Å². The molecule has 1 atom stereocenters. The lowest BCUT2D eigenvalue weighted by atomic mass is 10.1. The van der Waals surface area contributed by atoms with Crippen LogP contribution in [0.4, 0.5) is 10.5 Å². The molecule has 0 aliphatic rings. The molecule has 2 amide bonds. The van der Waals surface area contributed by atoms with Crippen LogP contribution in [-0.2, 0) is 11.3 Å². The van der Waals surface area contributed by atoms with Gasteiger partial charge in [0.15, 0.2) is 0 Å². The Bertz CT molecular complexity index is 919. The molecule has 0 heterocycles. The number of benzene rings is 3. The molecule has 1 unspecified atom stereocenters. The second kappa shape index (κ2) is 7.70. The molecule has 0 saturated heterocycles. The van der Waals surface area contributed by atoms with Crippen molar-refractivity contribution in [1.82, 2.24) is 5.32 Å². The first-order valence-electron chi connectivity index (χ1n) is 8.39. The van der Waals surface area contributed by atoms with Gasteiger partial charge in [0.25, 0.3) is 0 Å². The zero-order valence-electron chi connectivity index (χ0n) is 14.4. The molecule has 132 valence electrons. The summed E-state index contributed by atoms with van der Waals surface area (Å²) in [7, 11) is 0. The summed E-state index contributed by atoms with van der Waals surface area (Å²) in [6, 6.07) is 21.2. The number of rotatable bonds is 5. The number of nitrogens with zero attached hydrogens (tertiary/aromatic N) is 1. The van der Waals surface area contributed by atoms with E-state index < -0.39 is 18.0 Å². The van der Waals surface area contributed by atoms with Crippen LogP contribution >= 0.6 is 0 Å². The number of hydrogen-bond donors (Lipinski definition) is 2. The topological polar surface area (TPSA) is 69.6 Å². The van der Waals surface area contributed by atoms with E-state index in [1.54, 1.807) is 6.07 Å². The second-order valence-corrected chi connectivity index (χ2v) is 6.03. The van der Waals surface area contributed by atoms with Crippen molar-refractivity contribution >= 4 is 28.5 Å². The van der Waals surface area contributed by atoms with Crippen molar-refractivity contribution in [3.05, 3.63) is 78.4 Å². The number of aliphatic carboxylic acids is 1. The number of hydrogen-bond acceptors (Lipinski definition) is 2. The number of carbonyl (C=O) groups excluding carboxylic acids is 1. The van der Waals surface area contributed by atoms with E-state index in [2.05, 4.69) is 5.32 Å². The Balaban J connectivity index is 1.94. The SMILES string of the molecule is CC(C(=O)O)N(C(=O)NCc1ccccc1)c1cccc2ccccc12. The molecule has 0 aliphatic heterocycles. The van der Waals surface area contributed by atoms with E-state index in [1.807, 2.05) is 66.7 Å². The average Bonchev–Trinajstić information content (AvgIpc) is 2.67. The summed E-state index contributed by atoms with van der Waals surface area (Å²) in [5.74, 6) is -1.06. The summed E-state index contributed by atoms with van der Waals surface area (Å²) in [5, 5.41) is 14.1. The molecule has 0 spiro atoms. The molecular formula is C21H20N2O3. The van der Waals surface area contributed by atoms with E-state index >= 15 is 0 Å². The van der Waals surface area contributed by atoms with Crippen LogP contribution in [0, 0.1) is 0 Å². The zero-order chi connectivity index (χ0) is 18.5. The Kier molecular flexibility index (Phi) is 5.17. The first-order valence-corrected chi connectivity index (χ1v) is 8.39. The van der Waals surface area contributed by atoms with Crippen molar-refractivity contribution in [3.8, 4) is 0 Å². The molecule has 0 aromatic heterocycles. The number of urea groups is 1. The predicted molar refractivity (Wildman–Crippen MR) is 102 cm³/mol. The molecule has 3 aromatic rings. The molecule has 0 saturated carbocycles. The largest absolute Gasteiger partial charge is 0.480 e. The lowest BCUT2D eigenvalue weighted by Gasteiger charge is -2.28. The molecule has 0 fully saturated rings. The standard InChI is InChI=1S/C21H20N2O3/c1-15(20(24)25)23(21(26)22-14-16-8-3-2-4-9-16)19-13-7-11-17-10-5-6-12-18(17)19/h2-13,15H,14H2,1H3,(H,22,26)(H,24,25). The first-order chi connectivity index (χ1) is 12.6. The number of carboxylic acid groups (broad SMARTS) is 1. The second-order valence-electron chi connectivity index (χ2n) is 6.03. The fourth-order valence-electron chi connectivity index (χ4n) is 2.88. The molecule has 0 radical (unpaired) electrons. The van der Waals surface area contributed by atoms with Gasteiger partial charge in [-0.15, -0.1) is 0 Å². The fourth-order valence-corrected chi connectivity index (χ4v) is 2.88. The van der Waals surface area contributed by atoms with E-state index in [4.69, 9.17) is 0 Å². The number of amides is 2. The lowest BCUT2D eigenvalue weighted by molar-refractivity contribution is -0.138. The Labute approximate surface area is 151 Å². The minimum absolute atomic E-state index is 0.327. The van der Waals surface area contributed by atoms with Gasteiger partial charge in [0.05, 0.1) is 5.69 Å². The molecule has 5 nitrogen and oxygen atoms in total. The van der Waals surface area contributed by atoms with E-state index in [-0.39, 0.29) is 0 Å². The van der Waals surface area contributed by atoms with Gasteiger partial charge in [-0.1, -0.05) is 66.7 Å². The van der Waals surface area contributed by atoms with Crippen molar-refractivity contribution in [2.45, 2.75) is 19.5 Å². The maximum atomic E-state index is 12.9.